The normalized spacial score (nSPS) is 15.9. The molecule has 1 heterocycles. The first-order valence-electron chi connectivity index (χ1n) is 8.85. The second-order valence-electron chi connectivity index (χ2n) is 6.54. The van der Waals surface area contributed by atoms with Crippen LogP contribution in [0.25, 0.3) is 0 Å². The molecule has 2 heteroatoms. The van der Waals surface area contributed by atoms with Gasteiger partial charge < -0.3 is 10.6 Å². The van der Waals surface area contributed by atoms with Crippen LogP contribution in [0.2, 0.25) is 0 Å². The number of anilines is 1. The Hall–Kier alpha value is -1.02. The summed E-state index contributed by atoms with van der Waals surface area (Å²) in [5.74, 6) is 0. The molecule has 2 rings (SSSR count). The fraction of sp³-hybridized carbons (Fsp3) is 0.684. The zero-order chi connectivity index (χ0) is 15.1. The molecule has 0 saturated heterocycles. The molecule has 0 bridgehead atoms. The van der Waals surface area contributed by atoms with E-state index >= 15 is 0 Å². The van der Waals surface area contributed by atoms with Crippen molar-refractivity contribution in [3.05, 3.63) is 29.3 Å². The van der Waals surface area contributed by atoms with Crippen LogP contribution in [0, 0.1) is 0 Å². The zero-order valence-electron chi connectivity index (χ0n) is 13.9. The molecular formula is C19H32N2. The van der Waals surface area contributed by atoms with E-state index < -0.39 is 0 Å². The molecule has 1 aliphatic heterocycles. The second kappa shape index (κ2) is 8.43. The van der Waals surface area contributed by atoms with Gasteiger partial charge in [0.1, 0.15) is 0 Å². The van der Waals surface area contributed by atoms with Gasteiger partial charge in [0.2, 0.25) is 0 Å². The summed E-state index contributed by atoms with van der Waals surface area (Å²) in [5, 5.41) is 0. The molecule has 0 amide bonds. The average Bonchev–Trinajstić information content (AvgIpc) is 2.50. The van der Waals surface area contributed by atoms with Crippen LogP contribution >= 0.6 is 0 Å². The summed E-state index contributed by atoms with van der Waals surface area (Å²) < 4.78 is 0. The fourth-order valence-electron chi connectivity index (χ4n) is 3.29. The van der Waals surface area contributed by atoms with Crippen LogP contribution in [-0.2, 0) is 6.42 Å². The third-order valence-electron chi connectivity index (χ3n) is 4.63. The van der Waals surface area contributed by atoms with Crippen LogP contribution in [0.1, 0.15) is 76.0 Å². The van der Waals surface area contributed by atoms with Crippen molar-refractivity contribution < 1.29 is 0 Å². The Morgan fingerprint density at radius 1 is 1.14 bits per heavy atom. The van der Waals surface area contributed by atoms with Crippen molar-refractivity contribution in [1.29, 1.82) is 0 Å². The van der Waals surface area contributed by atoms with E-state index in [4.69, 9.17) is 5.73 Å². The number of hydrogen-bond donors (Lipinski definition) is 1. The van der Waals surface area contributed by atoms with Crippen LogP contribution in [-0.4, -0.2) is 13.1 Å². The van der Waals surface area contributed by atoms with Gasteiger partial charge in [-0.25, -0.2) is 0 Å². The molecule has 1 aromatic carbocycles. The van der Waals surface area contributed by atoms with Gasteiger partial charge >= 0.3 is 0 Å². The molecule has 0 spiro atoms. The summed E-state index contributed by atoms with van der Waals surface area (Å²) in [7, 11) is 0. The van der Waals surface area contributed by atoms with Gasteiger partial charge in [0.05, 0.1) is 0 Å². The van der Waals surface area contributed by atoms with Gasteiger partial charge in [0, 0.05) is 24.8 Å². The van der Waals surface area contributed by atoms with E-state index in [9.17, 15) is 0 Å². The van der Waals surface area contributed by atoms with Gasteiger partial charge in [-0.05, 0) is 43.4 Å². The van der Waals surface area contributed by atoms with E-state index in [-0.39, 0.29) is 6.04 Å². The first-order chi connectivity index (χ1) is 10.2. The average molecular weight is 288 g/mol. The molecular weight excluding hydrogens is 256 g/mol. The van der Waals surface area contributed by atoms with E-state index in [0.717, 1.165) is 0 Å². The lowest BCUT2D eigenvalue weighted by Gasteiger charge is -2.32. The highest BCUT2D eigenvalue weighted by Gasteiger charge is 2.17. The van der Waals surface area contributed by atoms with Crippen LogP contribution < -0.4 is 10.6 Å². The summed E-state index contributed by atoms with van der Waals surface area (Å²) in [5.41, 5.74) is 10.2. The summed E-state index contributed by atoms with van der Waals surface area (Å²) in [6.45, 7) is 6.79. The van der Waals surface area contributed by atoms with E-state index in [1.165, 1.54) is 81.3 Å². The van der Waals surface area contributed by atoms with Gasteiger partial charge in [-0.1, -0.05) is 51.2 Å². The molecule has 0 fully saturated rings. The van der Waals surface area contributed by atoms with Crippen molar-refractivity contribution in [2.24, 2.45) is 5.73 Å². The highest BCUT2D eigenvalue weighted by Crippen LogP contribution is 2.29. The van der Waals surface area contributed by atoms with E-state index in [1.54, 1.807) is 0 Å². The number of unbranched alkanes of at least 4 members (excludes halogenated alkanes) is 5. The summed E-state index contributed by atoms with van der Waals surface area (Å²) in [4.78, 5) is 2.59. The lowest BCUT2D eigenvalue weighted by atomic mass is 9.97. The van der Waals surface area contributed by atoms with Crippen LogP contribution in [0.3, 0.4) is 0 Å². The molecule has 21 heavy (non-hydrogen) atoms. The van der Waals surface area contributed by atoms with E-state index in [0.29, 0.717) is 0 Å². The number of fused-ring (bicyclic) bond motifs is 1. The SMILES string of the molecule is CCCCCCCCN1CCCc2cc(C(C)N)ccc21. The molecule has 1 aliphatic rings. The van der Waals surface area contributed by atoms with Crippen LogP contribution in [0.5, 0.6) is 0 Å². The zero-order valence-corrected chi connectivity index (χ0v) is 13.9. The highest BCUT2D eigenvalue weighted by molar-refractivity contribution is 5.57. The molecule has 1 atom stereocenters. The minimum Gasteiger partial charge on any atom is -0.371 e. The Labute approximate surface area is 130 Å². The Morgan fingerprint density at radius 2 is 1.90 bits per heavy atom. The molecule has 0 saturated carbocycles. The Morgan fingerprint density at radius 3 is 2.67 bits per heavy atom. The van der Waals surface area contributed by atoms with Gasteiger partial charge in [-0.15, -0.1) is 0 Å². The minimum atomic E-state index is 0.143. The first kappa shape index (κ1) is 16.4. The van der Waals surface area contributed by atoms with Gasteiger partial charge in [0.15, 0.2) is 0 Å². The van der Waals surface area contributed by atoms with E-state index in [1.807, 2.05) is 0 Å². The van der Waals surface area contributed by atoms with Crippen molar-refractivity contribution in [3.63, 3.8) is 0 Å². The molecule has 2 N–H and O–H groups in total. The van der Waals surface area contributed by atoms with Gasteiger partial charge in [0.25, 0.3) is 0 Å². The van der Waals surface area contributed by atoms with E-state index in [2.05, 4.69) is 36.9 Å². The van der Waals surface area contributed by atoms with Crippen molar-refractivity contribution >= 4 is 5.69 Å². The van der Waals surface area contributed by atoms with Crippen LogP contribution in [0.15, 0.2) is 18.2 Å². The lowest BCUT2D eigenvalue weighted by molar-refractivity contribution is 0.587. The maximum Gasteiger partial charge on any atom is 0.0398 e. The topological polar surface area (TPSA) is 29.3 Å². The predicted molar refractivity (Wildman–Crippen MR) is 93.0 cm³/mol. The van der Waals surface area contributed by atoms with Crippen molar-refractivity contribution in [3.8, 4) is 0 Å². The van der Waals surface area contributed by atoms with Gasteiger partial charge in [-0.3, -0.25) is 0 Å². The molecule has 1 unspecified atom stereocenters. The highest BCUT2D eigenvalue weighted by atomic mass is 15.1. The molecule has 1 aromatic rings. The predicted octanol–water partition coefficient (Wildman–Crippen LogP) is 4.82. The third-order valence-corrected chi connectivity index (χ3v) is 4.63. The van der Waals surface area contributed by atoms with Crippen molar-refractivity contribution in [2.75, 3.05) is 18.0 Å². The number of benzene rings is 1. The number of nitrogens with zero attached hydrogens (tertiary/aromatic N) is 1. The van der Waals surface area contributed by atoms with Crippen molar-refractivity contribution in [1.82, 2.24) is 0 Å². The van der Waals surface area contributed by atoms with Crippen molar-refractivity contribution in [2.45, 2.75) is 71.3 Å². The largest absolute Gasteiger partial charge is 0.371 e. The number of nitrogens with two attached hydrogens (primary N) is 1. The summed E-state index contributed by atoms with van der Waals surface area (Å²) in [6.07, 6.45) is 10.7. The quantitative estimate of drug-likeness (QED) is 0.695. The smallest absolute Gasteiger partial charge is 0.0398 e. The maximum atomic E-state index is 6.01. The Kier molecular flexibility index (Phi) is 6.56. The molecule has 2 nitrogen and oxygen atoms in total. The Balaban J connectivity index is 1.86. The maximum absolute atomic E-state index is 6.01. The monoisotopic (exact) mass is 288 g/mol. The number of hydrogen-bond acceptors (Lipinski definition) is 2. The summed E-state index contributed by atoms with van der Waals surface area (Å²) >= 11 is 0. The summed E-state index contributed by atoms with van der Waals surface area (Å²) in [6, 6.07) is 6.98. The second-order valence-corrected chi connectivity index (χ2v) is 6.54. The molecule has 0 aliphatic carbocycles. The van der Waals surface area contributed by atoms with Crippen LogP contribution in [0.4, 0.5) is 5.69 Å². The van der Waals surface area contributed by atoms with Gasteiger partial charge in [-0.2, -0.15) is 0 Å². The fourth-order valence-corrected chi connectivity index (χ4v) is 3.29. The Bertz CT molecular complexity index is 426. The lowest BCUT2D eigenvalue weighted by Crippen LogP contribution is -2.30. The standard InChI is InChI=1S/C19H32N2/c1-3-4-5-6-7-8-13-21-14-9-10-18-15-17(16(2)20)11-12-19(18)21/h11-12,15-16H,3-10,13-14,20H2,1-2H3. The first-order valence-corrected chi connectivity index (χ1v) is 8.85. The molecule has 0 aromatic heterocycles. The molecule has 118 valence electrons. The number of aryl methyl sites for hydroxylation is 1. The number of rotatable bonds is 8. The molecule has 0 radical (unpaired) electrons. The third kappa shape index (κ3) is 4.74. The minimum absolute atomic E-state index is 0.143.